The van der Waals surface area contributed by atoms with Crippen LogP contribution in [0.15, 0.2) is 53.8 Å². The number of anilines is 1. The molecule has 3 aromatic rings. The predicted octanol–water partition coefficient (Wildman–Crippen LogP) is 2.92. The summed E-state index contributed by atoms with van der Waals surface area (Å²) in [6.07, 6.45) is 1.63. The summed E-state index contributed by atoms with van der Waals surface area (Å²) in [5, 5.41) is 4.21. The number of hydrogen-bond acceptors (Lipinski definition) is 5. The van der Waals surface area contributed by atoms with Crippen molar-refractivity contribution in [1.82, 2.24) is 15.0 Å². The summed E-state index contributed by atoms with van der Waals surface area (Å²) < 4.78 is 41.1. The number of aromatic nitrogens is 2. The number of hydrogen-bond donors (Lipinski definition) is 3. The molecule has 162 valence electrons. The molecule has 2 aromatic carbocycles. The van der Waals surface area contributed by atoms with Crippen molar-refractivity contribution in [3.05, 3.63) is 66.1 Å². The number of nitrogens with two attached hydrogens (primary N) is 1. The van der Waals surface area contributed by atoms with E-state index in [1.807, 2.05) is 30.3 Å². The van der Waals surface area contributed by atoms with Gasteiger partial charge in [-0.2, -0.15) is 0 Å². The maximum Gasteiger partial charge on any atom is 0.243 e. The van der Waals surface area contributed by atoms with E-state index in [-0.39, 0.29) is 0 Å². The van der Waals surface area contributed by atoms with Crippen LogP contribution in [0.4, 0.5) is 18.9 Å². The lowest BCUT2D eigenvalue weighted by molar-refractivity contribution is -0.123. The molecule has 0 aliphatic carbocycles. The number of halogens is 3. The summed E-state index contributed by atoms with van der Waals surface area (Å²) in [5.74, 6) is 0.0348. The molecule has 0 fully saturated rings. The molecular formula is C20H18F3N5O2S. The number of amides is 2. The van der Waals surface area contributed by atoms with Gasteiger partial charge in [-0.15, -0.1) is 0 Å². The van der Waals surface area contributed by atoms with Crippen LogP contribution in [0.2, 0.25) is 0 Å². The van der Waals surface area contributed by atoms with Crippen LogP contribution in [-0.2, 0) is 9.59 Å². The molecule has 1 aromatic heterocycles. The summed E-state index contributed by atoms with van der Waals surface area (Å²) >= 11 is 1.09. The lowest BCUT2D eigenvalue weighted by Crippen LogP contribution is -2.37. The Balaban J connectivity index is 1.55. The fraction of sp³-hybridized carbons (Fsp3) is 0.150. The van der Waals surface area contributed by atoms with E-state index in [0.717, 1.165) is 23.4 Å². The Morgan fingerprint density at radius 1 is 1.13 bits per heavy atom. The number of nitrogens with one attached hydrogen (secondary N) is 2. The Kier molecular flexibility index (Phi) is 6.85. The van der Waals surface area contributed by atoms with Crippen LogP contribution < -0.4 is 16.5 Å². The molecule has 0 spiro atoms. The largest absolute Gasteiger partial charge is 0.346 e. The topological polar surface area (TPSA) is 102 Å². The second-order valence-electron chi connectivity index (χ2n) is 6.43. The first-order chi connectivity index (χ1) is 14.8. The molecule has 0 saturated carbocycles. The van der Waals surface area contributed by atoms with Gasteiger partial charge in [-0.25, -0.2) is 22.8 Å². The van der Waals surface area contributed by atoms with Crippen molar-refractivity contribution in [3.63, 3.8) is 0 Å². The second kappa shape index (κ2) is 9.56. The van der Waals surface area contributed by atoms with Crippen molar-refractivity contribution in [1.29, 1.82) is 0 Å². The highest BCUT2D eigenvalue weighted by atomic mass is 32.2. The van der Waals surface area contributed by atoms with Gasteiger partial charge >= 0.3 is 0 Å². The zero-order valence-corrected chi connectivity index (χ0v) is 17.1. The average molecular weight is 449 g/mol. The number of nitrogen functional groups attached to an aromatic ring is 1. The van der Waals surface area contributed by atoms with Gasteiger partial charge in [0.2, 0.25) is 11.8 Å². The van der Waals surface area contributed by atoms with Gasteiger partial charge in [0.25, 0.3) is 0 Å². The third-order valence-electron chi connectivity index (χ3n) is 4.15. The molecule has 31 heavy (non-hydrogen) atoms. The average Bonchev–Trinajstić information content (AvgIpc) is 3.13. The Bertz CT molecular complexity index is 1110. The number of imidazole rings is 1. The van der Waals surface area contributed by atoms with Crippen molar-refractivity contribution in [2.24, 2.45) is 0 Å². The van der Waals surface area contributed by atoms with Crippen LogP contribution in [0.25, 0.3) is 11.3 Å². The highest BCUT2D eigenvalue weighted by molar-refractivity contribution is 8.00. The monoisotopic (exact) mass is 449 g/mol. The van der Waals surface area contributed by atoms with Gasteiger partial charge in [-0.05, 0) is 19.1 Å². The maximum absolute atomic E-state index is 13.6. The SMILES string of the molecule is C[C@@H](Sc1nc(-c2ccccc2)cn1N)C(=O)NCC(=O)Nc1ccc(F)c(F)c1F. The third kappa shape index (κ3) is 5.37. The summed E-state index contributed by atoms with van der Waals surface area (Å²) in [6.45, 7) is 1.11. The smallest absolute Gasteiger partial charge is 0.243 e. The third-order valence-corrected chi connectivity index (χ3v) is 5.23. The molecule has 0 radical (unpaired) electrons. The minimum atomic E-state index is -1.70. The molecule has 0 unspecified atom stereocenters. The Morgan fingerprint density at radius 2 is 1.84 bits per heavy atom. The first-order valence-corrected chi connectivity index (χ1v) is 9.92. The molecule has 1 atom stereocenters. The quantitative estimate of drug-likeness (QED) is 0.293. The van der Waals surface area contributed by atoms with Crippen LogP contribution >= 0.6 is 11.8 Å². The number of carbonyl (C=O) groups is 2. The lowest BCUT2D eigenvalue weighted by atomic mass is 10.2. The van der Waals surface area contributed by atoms with Crippen molar-refractivity contribution in [2.75, 3.05) is 17.7 Å². The van der Waals surface area contributed by atoms with Crippen LogP contribution in [0, 0.1) is 17.5 Å². The predicted molar refractivity (Wildman–Crippen MR) is 111 cm³/mol. The molecule has 7 nitrogen and oxygen atoms in total. The molecule has 11 heteroatoms. The van der Waals surface area contributed by atoms with Gasteiger partial charge < -0.3 is 16.5 Å². The molecule has 3 rings (SSSR count). The molecule has 4 N–H and O–H groups in total. The van der Waals surface area contributed by atoms with E-state index < -0.39 is 46.7 Å². The van der Waals surface area contributed by atoms with E-state index in [9.17, 15) is 22.8 Å². The fourth-order valence-corrected chi connectivity index (χ4v) is 3.38. The Morgan fingerprint density at radius 3 is 2.55 bits per heavy atom. The summed E-state index contributed by atoms with van der Waals surface area (Å²) in [6, 6.07) is 10.9. The van der Waals surface area contributed by atoms with E-state index in [2.05, 4.69) is 15.6 Å². The molecule has 1 heterocycles. The summed E-state index contributed by atoms with van der Waals surface area (Å²) in [7, 11) is 0. The summed E-state index contributed by atoms with van der Waals surface area (Å²) in [5.41, 5.74) is 0.983. The molecular weight excluding hydrogens is 431 g/mol. The van der Waals surface area contributed by atoms with Crippen molar-refractivity contribution >= 4 is 29.3 Å². The van der Waals surface area contributed by atoms with Gasteiger partial charge in [0.1, 0.15) is 0 Å². The van der Waals surface area contributed by atoms with Crippen LogP contribution in [0.3, 0.4) is 0 Å². The number of nitrogens with zero attached hydrogens (tertiary/aromatic N) is 2. The number of rotatable bonds is 7. The first-order valence-electron chi connectivity index (χ1n) is 9.04. The van der Waals surface area contributed by atoms with Crippen LogP contribution in [-0.4, -0.2) is 33.3 Å². The number of benzene rings is 2. The standard InChI is InChI=1S/C20H18F3N5O2S/c1-11(31-20-27-15(10-28(20)24)12-5-3-2-4-6-12)19(30)25-9-16(29)26-14-8-7-13(21)17(22)18(14)23/h2-8,10-11H,9,24H2,1H3,(H,25,30)(H,26,29)/t11-/m1/s1. The normalized spacial score (nSPS) is 11.7. The zero-order valence-electron chi connectivity index (χ0n) is 16.2. The van der Waals surface area contributed by atoms with E-state index in [1.54, 1.807) is 13.1 Å². The van der Waals surface area contributed by atoms with E-state index in [4.69, 9.17) is 5.84 Å². The van der Waals surface area contributed by atoms with Gasteiger partial charge in [0.05, 0.1) is 29.4 Å². The number of carbonyl (C=O) groups excluding carboxylic acids is 2. The molecule has 0 aliphatic heterocycles. The van der Waals surface area contributed by atoms with E-state index >= 15 is 0 Å². The van der Waals surface area contributed by atoms with E-state index in [0.29, 0.717) is 16.9 Å². The molecule has 0 aliphatic rings. The van der Waals surface area contributed by atoms with Crippen LogP contribution in [0.5, 0.6) is 0 Å². The van der Waals surface area contributed by atoms with Crippen LogP contribution in [0.1, 0.15) is 6.92 Å². The van der Waals surface area contributed by atoms with Crippen molar-refractivity contribution in [3.8, 4) is 11.3 Å². The van der Waals surface area contributed by atoms with E-state index in [1.165, 1.54) is 4.68 Å². The highest BCUT2D eigenvalue weighted by Crippen LogP contribution is 2.25. The zero-order chi connectivity index (χ0) is 22.5. The molecule has 0 bridgehead atoms. The van der Waals surface area contributed by atoms with Crippen molar-refractivity contribution in [2.45, 2.75) is 17.3 Å². The minimum absolute atomic E-state index is 0.398. The van der Waals surface area contributed by atoms with Gasteiger partial charge in [-0.1, -0.05) is 42.1 Å². The maximum atomic E-state index is 13.6. The van der Waals surface area contributed by atoms with Gasteiger partial charge in [0, 0.05) is 5.56 Å². The molecule has 0 saturated heterocycles. The van der Waals surface area contributed by atoms with Gasteiger partial charge in [-0.3, -0.25) is 9.59 Å². The first kappa shape index (κ1) is 22.2. The Hall–Kier alpha value is -3.47. The number of thioether (sulfide) groups is 1. The molecule has 2 amide bonds. The highest BCUT2D eigenvalue weighted by Gasteiger charge is 2.20. The van der Waals surface area contributed by atoms with Gasteiger partial charge in [0.15, 0.2) is 22.6 Å². The summed E-state index contributed by atoms with van der Waals surface area (Å²) in [4.78, 5) is 28.6. The van der Waals surface area contributed by atoms with Crippen molar-refractivity contribution < 1.29 is 22.8 Å². The fourth-order valence-electron chi connectivity index (χ4n) is 2.55. The Labute approximate surface area is 179 Å². The minimum Gasteiger partial charge on any atom is -0.346 e. The second-order valence-corrected chi connectivity index (χ2v) is 7.74. The lowest BCUT2D eigenvalue weighted by Gasteiger charge is -2.12.